The van der Waals surface area contributed by atoms with Gasteiger partial charge in [-0.05, 0) is 62.7 Å². The van der Waals surface area contributed by atoms with E-state index < -0.39 is 0 Å². The van der Waals surface area contributed by atoms with Crippen LogP contribution in [0, 0.1) is 5.82 Å². The van der Waals surface area contributed by atoms with Crippen molar-refractivity contribution in [3.63, 3.8) is 0 Å². The van der Waals surface area contributed by atoms with Gasteiger partial charge in [0.1, 0.15) is 35.9 Å². The first-order valence-corrected chi connectivity index (χ1v) is 13.4. The van der Waals surface area contributed by atoms with Gasteiger partial charge in [0.15, 0.2) is 0 Å². The summed E-state index contributed by atoms with van der Waals surface area (Å²) in [6, 6.07) is 17.5. The second-order valence-corrected chi connectivity index (χ2v) is 11.2. The molecule has 5 aromatic rings. The van der Waals surface area contributed by atoms with E-state index in [0.717, 1.165) is 35.2 Å². The van der Waals surface area contributed by atoms with Crippen LogP contribution in [-0.4, -0.2) is 48.5 Å². The molecule has 2 aromatic heterocycles. The van der Waals surface area contributed by atoms with Crippen molar-refractivity contribution >= 4 is 22.5 Å². The topological polar surface area (TPSA) is 78.2 Å². The van der Waals surface area contributed by atoms with Gasteiger partial charge in [-0.2, -0.15) is 0 Å². The lowest BCUT2D eigenvalue weighted by Gasteiger charge is -2.47. The molecule has 0 unspecified atom stereocenters. The summed E-state index contributed by atoms with van der Waals surface area (Å²) in [5.41, 5.74) is 3.26. The van der Waals surface area contributed by atoms with Gasteiger partial charge in [-0.15, -0.1) is 5.10 Å². The minimum absolute atomic E-state index is 0.148. The van der Waals surface area contributed by atoms with Gasteiger partial charge in [0.2, 0.25) is 5.88 Å². The molecule has 204 valence electrons. The monoisotopic (exact) mass is 558 g/mol. The summed E-state index contributed by atoms with van der Waals surface area (Å²) < 4.78 is 27.3. The van der Waals surface area contributed by atoms with Gasteiger partial charge in [0.25, 0.3) is 0 Å². The van der Waals surface area contributed by atoms with Crippen molar-refractivity contribution < 1.29 is 13.9 Å². The third-order valence-electron chi connectivity index (χ3n) is 6.99. The molecule has 1 aliphatic rings. The fraction of sp³-hybridized carbons (Fsp3) is 0.267. The zero-order valence-electron chi connectivity index (χ0n) is 22.4. The van der Waals surface area contributed by atoms with Crippen molar-refractivity contribution in [3.8, 4) is 28.6 Å². The number of fused-ring (bicyclic) bond motifs is 1. The normalized spacial score (nSPS) is 14.3. The molecule has 8 nitrogen and oxygen atoms in total. The maximum Gasteiger partial charge on any atom is 0.230 e. The van der Waals surface area contributed by atoms with Crippen molar-refractivity contribution in [1.29, 1.82) is 0 Å². The molecule has 0 N–H and O–H groups in total. The Hall–Kier alpha value is -4.08. The highest BCUT2D eigenvalue weighted by Gasteiger charge is 2.36. The Morgan fingerprint density at radius 1 is 1.02 bits per heavy atom. The molecular weight excluding hydrogens is 531 g/mol. The van der Waals surface area contributed by atoms with E-state index in [4.69, 9.17) is 21.1 Å². The number of benzene rings is 3. The summed E-state index contributed by atoms with van der Waals surface area (Å²) in [6.07, 6.45) is 3.45. The maximum atomic E-state index is 13.4. The number of rotatable bonds is 7. The van der Waals surface area contributed by atoms with Crippen molar-refractivity contribution in [1.82, 2.24) is 29.9 Å². The number of hydrogen-bond acceptors (Lipinski definition) is 7. The molecule has 0 atom stereocenters. The quantitative estimate of drug-likeness (QED) is 0.220. The number of nitrogens with zero attached hydrogens (tertiary/aromatic N) is 6. The number of likely N-dealkylation sites (tertiary alicyclic amines) is 1. The maximum absolute atomic E-state index is 13.4. The van der Waals surface area contributed by atoms with Crippen molar-refractivity contribution in [2.75, 3.05) is 13.1 Å². The first-order chi connectivity index (χ1) is 19.2. The highest BCUT2D eigenvalue weighted by Crippen LogP contribution is 2.35. The van der Waals surface area contributed by atoms with Crippen LogP contribution in [0.5, 0.6) is 17.4 Å². The van der Waals surface area contributed by atoms with Crippen LogP contribution in [-0.2, 0) is 6.61 Å². The van der Waals surface area contributed by atoms with E-state index in [9.17, 15) is 4.39 Å². The Balaban J connectivity index is 1.19. The Bertz CT molecular complexity index is 1680. The first kappa shape index (κ1) is 26.2. The summed E-state index contributed by atoms with van der Waals surface area (Å²) in [5, 5.41) is 9.92. The zero-order chi connectivity index (χ0) is 27.9. The average Bonchev–Trinajstić information content (AvgIpc) is 3.36. The van der Waals surface area contributed by atoms with E-state index in [1.165, 1.54) is 18.5 Å². The van der Waals surface area contributed by atoms with E-state index in [1.807, 2.05) is 29.1 Å². The van der Waals surface area contributed by atoms with E-state index in [-0.39, 0.29) is 18.0 Å². The van der Waals surface area contributed by atoms with Crippen LogP contribution in [0.4, 0.5) is 4.39 Å². The van der Waals surface area contributed by atoms with Gasteiger partial charge in [-0.1, -0.05) is 35.0 Å². The van der Waals surface area contributed by atoms with Crippen LogP contribution >= 0.6 is 11.6 Å². The summed E-state index contributed by atoms with van der Waals surface area (Å²) in [6.45, 7) is 8.76. The zero-order valence-corrected chi connectivity index (χ0v) is 23.1. The number of ether oxygens (including phenoxy) is 2. The Kier molecular flexibility index (Phi) is 6.85. The molecule has 1 fully saturated rings. The Morgan fingerprint density at radius 2 is 1.88 bits per heavy atom. The van der Waals surface area contributed by atoms with Gasteiger partial charge in [0.05, 0.1) is 28.2 Å². The number of halogens is 2. The van der Waals surface area contributed by atoms with Crippen LogP contribution in [0.25, 0.3) is 22.2 Å². The summed E-state index contributed by atoms with van der Waals surface area (Å²) >= 11 is 6.46. The van der Waals surface area contributed by atoms with E-state index >= 15 is 0 Å². The van der Waals surface area contributed by atoms with E-state index in [2.05, 4.69) is 46.0 Å². The molecule has 3 heterocycles. The summed E-state index contributed by atoms with van der Waals surface area (Å²) in [7, 11) is 0. The lowest BCUT2D eigenvalue weighted by atomic mass is 9.98. The molecule has 40 heavy (non-hydrogen) atoms. The minimum atomic E-state index is -0.313. The van der Waals surface area contributed by atoms with Gasteiger partial charge in [0, 0.05) is 30.3 Å². The lowest BCUT2D eigenvalue weighted by molar-refractivity contribution is 0.0148. The molecule has 6 rings (SSSR count). The van der Waals surface area contributed by atoms with Crippen molar-refractivity contribution in [2.24, 2.45) is 0 Å². The fourth-order valence-corrected chi connectivity index (χ4v) is 4.82. The minimum Gasteiger partial charge on any atom is -0.487 e. The van der Waals surface area contributed by atoms with Crippen molar-refractivity contribution in [2.45, 2.75) is 39.0 Å². The molecule has 0 radical (unpaired) electrons. The predicted octanol–water partition coefficient (Wildman–Crippen LogP) is 6.71. The second-order valence-electron chi connectivity index (χ2n) is 10.8. The lowest BCUT2D eigenvalue weighted by Crippen LogP contribution is -2.56. The molecule has 0 spiro atoms. The number of hydrogen-bond donors (Lipinski definition) is 0. The molecule has 0 bridgehead atoms. The van der Waals surface area contributed by atoms with Crippen LogP contribution in [0.15, 0.2) is 73.2 Å². The number of aromatic nitrogens is 5. The molecule has 0 aliphatic carbocycles. The van der Waals surface area contributed by atoms with Crippen molar-refractivity contribution in [3.05, 3.63) is 89.6 Å². The predicted molar refractivity (Wildman–Crippen MR) is 151 cm³/mol. The molecule has 10 heteroatoms. The second kappa shape index (κ2) is 10.5. The smallest absolute Gasteiger partial charge is 0.230 e. The van der Waals surface area contributed by atoms with Gasteiger partial charge < -0.3 is 9.47 Å². The highest BCUT2D eigenvalue weighted by atomic mass is 35.5. The Labute approximate surface area is 236 Å². The standard InChI is InChI=1S/C30H28ClFN6O2/c1-30(2,3)37-14-22(15-37)38-16-27(35-36-38)20-7-9-26-24(12-20)29(34-18-33-26)40-23-8-10-28(25(31)13-23)39-17-19-5-4-6-21(32)11-19/h4-13,16,18,22H,14-15,17H2,1-3H3. The summed E-state index contributed by atoms with van der Waals surface area (Å²) in [4.78, 5) is 11.2. The Morgan fingerprint density at radius 3 is 2.65 bits per heavy atom. The molecule has 0 saturated carbocycles. The molecule has 0 amide bonds. The third kappa shape index (κ3) is 5.48. The van der Waals surface area contributed by atoms with E-state index in [1.54, 1.807) is 30.3 Å². The fourth-order valence-electron chi connectivity index (χ4n) is 4.59. The van der Waals surface area contributed by atoms with Gasteiger partial charge in [-0.25, -0.2) is 19.0 Å². The molecule has 1 saturated heterocycles. The first-order valence-electron chi connectivity index (χ1n) is 13.0. The highest BCUT2D eigenvalue weighted by molar-refractivity contribution is 6.32. The van der Waals surface area contributed by atoms with Crippen LogP contribution in [0.3, 0.4) is 0 Å². The third-order valence-corrected chi connectivity index (χ3v) is 7.29. The van der Waals surface area contributed by atoms with Crippen LogP contribution in [0.1, 0.15) is 32.4 Å². The average molecular weight is 559 g/mol. The van der Waals surface area contributed by atoms with E-state index in [0.29, 0.717) is 34.0 Å². The largest absolute Gasteiger partial charge is 0.487 e. The summed E-state index contributed by atoms with van der Waals surface area (Å²) in [5.74, 6) is 1.04. The van der Waals surface area contributed by atoms with Crippen LogP contribution < -0.4 is 9.47 Å². The SMILES string of the molecule is CC(C)(C)N1CC(n2cc(-c3ccc4ncnc(Oc5ccc(OCc6cccc(F)c6)c(Cl)c5)c4c3)nn2)C1. The van der Waals surface area contributed by atoms with Gasteiger partial charge >= 0.3 is 0 Å². The molecular formula is C30H28ClFN6O2. The van der Waals surface area contributed by atoms with Gasteiger partial charge in [-0.3, -0.25) is 4.90 Å². The molecule has 3 aromatic carbocycles. The molecule has 1 aliphatic heterocycles. The van der Waals surface area contributed by atoms with Crippen LogP contribution in [0.2, 0.25) is 5.02 Å².